The van der Waals surface area contributed by atoms with Crippen molar-refractivity contribution in [3.8, 4) is 0 Å². The van der Waals surface area contributed by atoms with E-state index in [0.29, 0.717) is 25.3 Å². The van der Waals surface area contributed by atoms with Crippen molar-refractivity contribution in [1.29, 1.82) is 5.41 Å². The standard InChI is InChI=1S/C12H26N6O/c1-8(2)7-9(13)11(19)18-10(14)5-3-4-6-17-12(15)16/h8-9H,3-7,13H2,1-2H3,(H2,14,18,19)(H4,15,16,17)/t9-/m0/s1. The molecule has 19 heavy (non-hydrogen) atoms. The number of hydrogen-bond acceptors (Lipinski definition) is 4. The highest BCUT2D eigenvalue weighted by atomic mass is 16.2. The van der Waals surface area contributed by atoms with Gasteiger partial charge < -0.3 is 22.5 Å². The fourth-order valence-electron chi connectivity index (χ4n) is 1.54. The molecule has 110 valence electrons. The summed E-state index contributed by atoms with van der Waals surface area (Å²) in [5.41, 5.74) is 16.1. The van der Waals surface area contributed by atoms with Gasteiger partial charge in [0, 0.05) is 13.0 Å². The van der Waals surface area contributed by atoms with Crippen LogP contribution in [0.2, 0.25) is 0 Å². The predicted octanol–water partition coefficient (Wildman–Crippen LogP) is -0.103. The zero-order chi connectivity index (χ0) is 14.8. The molecule has 0 unspecified atom stereocenters. The summed E-state index contributed by atoms with van der Waals surface area (Å²) in [4.78, 5) is 15.5. The molecule has 8 N–H and O–H groups in total. The van der Waals surface area contributed by atoms with Crippen LogP contribution < -0.4 is 22.5 Å². The van der Waals surface area contributed by atoms with Gasteiger partial charge in [-0.3, -0.25) is 15.2 Å². The van der Waals surface area contributed by atoms with Crippen molar-refractivity contribution in [3.05, 3.63) is 0 Å². The molecule has 0 radical (unpaired) electrons. The molecule has 1 atom stereocenters. The van der Waals surface area contributed by atoms with Gasteiger partial charge in [-0.2, -0.15) is 0 Å². The summed E-state index contributed by atoms with van der Waals surface area (Å²) >= 11 is 0. The van der Waals surface area contributed by atoms with Crippen LogP contribution in [0.3, 0.4) is 0 Å². The monoisotopic (exact) mass is 270 g/mol. The highest BCUT2D eigenvalue weighted by Gasteiger charge is 2.15. The average molecular weight is 270 g/mol. The summed E-state index contributed by atoms with van der Waals surface area (Å²) in [5, 5.41) is 10.2. The van der Waals surface area contributed by atoms with E-state index < -0.39 is 6.04 Å². The van der Waals surface area contributed by atoms with Crippen LogP contribution in [-0.2, 0) is 4.79 Å². The molecule has 0 aliphatic carbocycles. The molecule has 0 saturated carbocycles. The van der Waals surface area contributed by atoms with Crippen molar-refractivity contribution >= 4 is 17.7 Å². The van der Waals surface area contributed by atoms with E-state index in [0.717, 1.165) is 12.8 Å². The topological polar surface area (TPSA) is 143 Å². The largest absolute Gasteiger partial charge is 0.370 e. The highest BCUT2D eigenvalue weighted by Crippen LogP contribution is 2.03. The SMILES string of the molecule is CC(C)C[C@H](N)C(=O)NC(=N)CCCCN=C(N)N. The lowest BCUT2D eigenvalue weighted by molar-refractivity contribution is -0.121. The van der Waals surface area contributed by atoms with Gasteiger partial charge in [-0.15, -0.1) is 0 Å². The Labute approximate surface area is 114 Å². The van der Waals surface area contributed by atoms with Crippen molar-refractivity contribution in [2.24, 2.45) is 28.1 Å². The smallest absolute Gasteiger partial charge is 0.242 e. The fourth-order valence-corrected chi connectivity index (χ4v) is 1.54. The van der Waals surface area contributed by atoms with Gasteiger partial charge in [0.25, 0.3) is 0 Å². The van der Waals surface area contributed by atoms with Gasteiger partial charge in [0.2, 0.25) is 5.91 Å². The van der Waals surface area contributed by atoms with Crippen molar-refractivity contribution in [1.82, 2.24) is 5.32 Å². The molecule has 0 aromatic carbocycles. The maximum Gasteiger partial charge on any atom is 0.242 e. The van der Waals surface area contributed by atoms with Crippen LogP contribution >= 0.6 is 0 Å². The molecule has 0 aliphatic rings. The number of nitrogens with zero attached hydrogens (tertiary/aromatic N) is 1. The lowest BCUT2D eigenvalue weighted by Crippen LogP contribution is -2.43. The van der Waals surface area contributed by atoms with Crippen LogP contribution in [0.15, 0.2) is 4.99 Å². The summed E-state index contributed by atoms with van der Waals surface area (Å²) in [6, 6.07) is -0.554. The molecule has 0 saturated heterocycles. The minimum Gasteiger partial charge on any atom is -0.370 e. The zero-order valence-electron chi connectivity index (χ0n) is 11.8. The van der Waals surface area contributed by atoms with Gasteiger partial charge in [0.05, 0.1) is 11.9 Å². The quantitative estimate of drug-likeness (QED) is 0.238. The Kier molecular flexibility index (Phi) is 8.52. The number of rotatable bonds is 8. The molecule has 7 heteroatoms. The van der Waals surface area contributed by atoms with E-state index in [1.54, 1.807) is 0 Å². The number of amides is 1. The van der Waals surface area contributed by atoms with Crippen LogP contribution in [0.5, 0.6) is 0 Å². The number of hydrogen-bond donors (Lipinski definition) is 5. The van der Waals surface area contributed by atoms with Crippen molar-refractivity contribution in [2.45, 2.75) is 45.6 Å². The number of guanidine groups is 1. The molecule has 7 nitrogen and oxygen atoms in total. The average Bonchev–Trinajstić information content (AvgIpc) is 2.26. The molecule has 0 heterocycles. The van der Waals surface area contributed by atoms with Gasteiger partial charge in [-0.1, -0.05) is 13.8 Å². The first-order chi connectivity index (χ1) is 8.82. The Balaban J connectivity index is 3.79. The predicted molar refractivity (Wildman–Crippen MR) is 77.8 cm³/mol. The Bertz CT molecular complexity index is 322. The van der Waals surface area contributed by atoms with Crippen LogP contribution in [0.4, 0.5) is 0 Å². The van der Waals surface area contributed by atoms with Gasteiger partial charge in [0.1, 0.15) is 0 Å². The third-order valence-electron chi connectivity index (χ3n) is 2.47. The molecule has 0 fully saturated rings. The Morgan fingerprint density at radius 2 is 1.95 bits per heavy atom. The van der Waals surface area contributed by atoms with Crippen LogP contribution in [0.25, 0.3) is 0 Å². The number of unbranched alkanes of at least 4 members (excludes halogenated alkanes) is 1. The first-order valence-corrected chi connectivity index (χ1v) is 6.52. The lowest BCUT2D eigenvalue weighted by atomic mass is 10.0. The number of carbonyl (C=O) groups is 1. The molecule has 0 aromatic heterocycles. The normalized spacial score (nSPS) is 12.0. The second-order valence-corrected chi connectivity index (χ2v) is 4.97. The summed E-state index contributed by atoms with van der Waals surface area (Å²) in [5.74, 6) is 0.328. The number of carbonyl (C=O) groups excluding carboxylic acids is 1. The Morgan fingerprint density at radius 3 is 2.47 bits per heavy atom. The lowest BCUT2D eigenvalue weighted by Gasteiger charge is -2.14. The molecule has 0 spiro atoms. The summed E-state index contributed by atoms with van der Waals surface area (Å²) < 4.78 is 0. The van der Waals surface area contributed by atoms with Gasteiger partial charge >= 0.3 is 0 Å². The second kappa shape index (κ2) is 9.32. The van der Waals surface area contributed by atoms with Crippen molar-refractivity contribution < 1.29 is 4.79 Å². The number of nitrogens with one attached hydrogen (secondary N) is 2. The van der Waals surface area contributed by atoms with E-state index in [2.05, 4.69) is 10.3 Å². The first kappa shape index (κ1) is 17.4. The van der Waals surface area contributed by atoms with E-state index in [-0.39, 0.29) is 17.7 Å². The highest BCUT2D eigenvalue weighted by molar-refractivity contribution is 5.98. The first-order valence-electron chi connectivity index (χ1n) is 6.52. The molecule has 0 aliphatic heterocycles. The summed E-state index contributed by atoms with van der Waals surface area (Å²) in [6.45, 7) is 4.54. The van der Waals surface area contributed by atoms with E-state index in [4.69, 9.17) is 22.6 Å². The molecular formula is C12H26N6O. The van der Waals surface area contributed by atoms with E-state index >= 15 is 0 Å². The summed E-state index contributed by atoms with van der Waals surface area (Å²) in [6.07, 6.45) is 2.62. The molecule has 0 rings (SSSR count). The molecular weight excluding hydrogens is 244 g/mol. The van der Waals surface area contributed by atoms with Crippen molar-refractivity contribution in [2.75, 3.05) is 6.54 Å². The van der Waals surface area contributed by atoms with Crippen molar-refractivity contribution in [3.63, 3.8) is 0 Å². The Morgan fingerprint density at radius 1 is 1.32 bits per heavy atom. The minimum atomic E-state index is -0.554. The third-order valence-corrected chi connectivity index (χ3v) is 2.47. The molecule has 0 aromatic rings. The maximum atomic E-state index is 11.6. The van der Waals surface area contributed by atoms with Gasteiger partial charge in [0.15, 0.2) is 5.96 Å². The van der Waals surface area contributed by atoms with E-state index in [1.165, 1.54) is 0 Å². The Hall–Kier alpha value is -1.63. The zero-order valence-corrected chi connectivity index (χ0v) is 11.8. The van der Waals surface area contributed by atoms with Crippen LogP contribution in [0.1, 0.15) is 39.5 Å². The minimum absolute atomic E-state index is 0.0723. The second-order valence-electron chi connectivity index (χ2n) is 4.97. The van der Waals surface area contributed by atoms with E-state index in [1.807, 2.05) is 13.8 Å². The van der Waals surface area contributed by atoms with Crippen LogP contribution in [0, 0.1) is 11.3 Å². The summed E-state index contributed by atoms with van der Waals surface area (Å²) in [7, 11) is 0. The molecule has 1 amide bonds. The van der Waals surface area contributed by atoms with Gasteiger partial charge in [-0.25, -0.2) is 0 Å². The fraction of sp³-hybridized carbons (Fsp3) is 0.750. The number of nitrogens with two attached hydrogens (primary N) is 3. The molecule has 0 bridgehead atoms. The van der Waals surface area contributed by atoms with Crippen LogP contribution in [-0.4, -0.2) is 30.3 Å². The van der Waals surface area contributed by atoms with E-state index in [9.17, 15) is 4.79 Å². The number of aliphatic imine (C=N–C) groups is 1. The van der Waals surface area contributed by atoms with Gasteiger partial charge in [-0.05, 0) is 25.2 Å². The third kappa shape index (κ3) is 10.0. The number of amidine groups is 1. The maximum absolute atomic E-state index is 11.6.